The van der Waals surface area contributed by atoms with Crippen LogP contribution in [-0.2, 0) is 20.9 Å². The first-order valence-electron chi connectivity index (χ1n) is 10.7. The summed E-state index contributed by atoms with van der Waals surface area (Å²) < 4.78 is 0. The third-order valence-electron chi connectivity index (χ3n) is 6.40. The molecule has 160 valence electrons. The van der Waals surface area contributed by atoms with Crippen LogP contribution in [0.4, 0.5) is 5.69 Å². The van der Waals surface area contributed by atoms with Gasteiger partial charge in [-0.3, -0.25) is 19.3 Å². The van der Waals surface area contributed by atoms with E-state index in [4.69, 9.17) is 11.6 Å². The number of benzene rings is 1. The Morgan fingerprint density at radius 2 is 1.87 bits per heavy atom. The summed E-state index contributed by atoms with van der Waals surface area (Å²) in [4.78, 5) is 40.8. The van der Waals surface area contributed by atoms with Crippen LogP contribution in [0, 0.1) is 17.8 Å². The summed E-state index contributed by atoms with van der Waals surface area (Å²) in [5.41, 5.74) is 1.92. The van der Waals surface area contributed by atoms with E-state index in [0.717, 1.165) is 29.2 Å². The Balaban J connectivity index is 1.32. The maximum Gasteiger partial charge on any atom is 0.240 e. The first-order chi connectivity index (χ1) is 14.4. The summed E-state index contributed by atoms with van der Waals surface area (Å²) in [5, 5.41) is 3.49. The van der Waals surface area contributed by atoms with Crippen LogP contribution in [0.25, 0.3) is 0 Å². The Morgan fingerprint density at radius 1 is 1.17 bits per heavy atom. The number of fused-ring (bicyclic) bond motifs is 1. The van der Waals surface area contributed by atoms with Gasteiger partial charge in [0.15, 0.2) is 0 Å². The van der Waals surface area contributed by atoms with Gasteiger partial charge in [-0.2, -0.15) is 0 Å². The number of likely N-dealkylation sites (tertiary alicyclic amines) is 1. The molecule has 6 nitrogen and oxygen atoms in total. The fourth-order valence-electron chi connectivity index (χ4n) is 4.75. The van der Waals surface area contributed by atoms with E-state index < -0.39 is 0 Å². The van der Waals surface area contributed by atoms with E-state index in [1.165, 1.54) is 12.8 Å². The number of rotatable bonds is 5. The molecule has 3 amide bonds. The molecule has 1 aliphatic carbocycles. The fraction of sp³-hybridized carbons (Fsp3) is 0.522. The van der Waals surface area contributed by atoms with Crippen LogP contribution in [0.5, 0.6) is 0 Å². The number of hydrogen-bond donors (Lipinski definition) is 1. The third-order valence-corrected chi connectivity index (χ3v) is 6.70. The second-order valence-corrected chi connectivity index (χ2v) is 9.08. The molecule has 7 heteroatoms. The quantitative estimate of drug-likeness (QED) is 0.576. The molecule has 0 aromatic heterocycles. The van der Waals surface area contributed by atoms with Gasteiger partial charge in [0.2, 0.25) is 17.7 Å². The molecule has 2 heterocycles. The Kier molecular flexibility index (Phi) is 6.14. The molecule has 1 aromatic rings. The Bertz CT molecular complexity index is 858. The number of nitrogens with zero attached hydrogens (tertiary/aromatic N) is 2. The molecule has 30 heavy (non-hydrogen) atoms. The first-order valence-corrected chi connectivity index (χ1v) is 11.1. The number of carbonyl (C=O) groups excluding carboxylic acids is 3. The molecule has 0 radical (unpaired) electrons. The van der Waals surface area contributed by atoms with Gasteiger partial charge in [0, 0.05) is 19.6 Å². The molecule has 0 bridgehead atoms. The molecule has 1 N–H and O–H groups in total. The van der Waals surface area contributed by atoms with Crippen LogP contribution in [0.2, 0.25) is 5.02 Å². The second kappa shape index (κ2) is 8.80. The molecule has 0 spiro atoms. The Hall–Kier alpha value is -2.34. The Morgan fingerprint density at radius 3 is 2.50 bits per heavy atom. The third kappa shape index (κ3) is 4.24. The van der Waals surface area contributed by atoms with Gasteiger partial charge in [-0.25, -0.2) is 0 Å². The smallest absolute Gasteiger partial charge is 0.240 e. The molecule has 2 aliphatic heterocycles. The number of halogens is 1. The van der Waals surface area contributed by atoms with Crippen molar-refractivity contribution >= 4 is 35.0 Å². The van der Waals surface area contributed by atoms with Crippen molar-refractivity contribution in [3.8, 4) is 0 Å². The highest BCUT2D eigenvalue weighted by Gasteiger charge is 2.47. The molecule has 2 saturated heterocycles. The number of piperidine rings is 1. The van der Waals surface area contributed by atoms with Crippen LogP contribution >= 0.6 is 11.6 Å². The number of nitrogens with one attached hydrogen (secondary N) is 1. The molecule has 3 atom stereocenters. The monoisotopic (exact) mass is 429 g/mol. The number of amides is 3. The second-order valence-electron chi connectivity index (χ2n) is 8.67. The lowest BCUT2D eigenvalue weighted by Gasteiger charge is -2.33. The van der Waals surface area contributed by atoms with Gasteiger partial charge in [-0.1, -0.05) is 36.7 Å². The number of imide groups is 1. The van der Waals surface area contributed by atoms with Gasteiger partial charge in [0.05, 0.1) is 22.5 Å². The van der Waals surface area contributed by atoms with Gasteiger partial charge in [0.1, 0.15) is 6.54 Å². The lowest BCUT2D eigenvalue weighted by Crippen LogP contribution is -2.40. The van der Waals surface area contributed by atoms with Crippen molar-refractivity contribution in [3.63, 3.8) is 0 Å². The van der Waals surface area contributed by atoms with Crippen LogP contribution in [-0.4, -0.2) is 42.3 Å². The average Bonchev–Trinajstić information content (AvgIpc) is 2.97. The van der Waals surface area contributed by atoms with Crippen molar-refractivity contribution in [2.75, 3.05) is 24.5 Å². The zero-order valence-corrected chi connectivity index (χ0v) is 18.0. The van der Waals surface area contributed by atoms with Gasteiger partial charge in [-0.05, 0) is 49.3 Å². The van der Waals surface area contributed by atoms with E-state index in [1.54, 1.807) is 0 Å². The number of allylic oxidation sites excluding steroid dienone is 2. The minimum absolute atomic E-state index is 0.220. The lowest BCUT2D eigenvalue weighted by molar-refractivity contribution is -0.143. The van der Waals surface area contributed by atoms with Gasteiger partial charge < -0.3 is 10.2 Å². The molecular weight excluding hydrogens is 402 g/mol. The standard InChI is InChI=1S/C23H28ClN3O3/c1-15-5-4-10-26(13-15)20-9-8-16(11-19(20)24)12-25-21(28)14-27-22(29)17-6-2-3-7-18(17)23(27)30/h2-3,8-9,11,15,17-18H,4-7,10,12-14H2,1H3,(H,25,28)/t15-,17+,18+/m1/s1. The van der Waals surface area contributed by atoms with Crippen molar-refractivity contribution in [1.29, 1.82) is 0 Å². The summed E-state index contributed by atoms with van der Waals surface area (Å²) in [6.07, 6.45) is 7.45. The van der Waals surface area contributed by atoms with Crippen LogP contribution in [0.3, 0.4) is 0 Å². The molecule has 1 aromatic carbocycles. The molecule has 2 fully saturated rings. The Labute approximate surface area is 182 Å². The normalized spacial score (nSPS) is 26.1. The lowest BCUT2D eigenvalue weighted by atomic mass is 9.85. The summed E-state index contributed by atoms with van der Waals surface area (Å²) in [6, 6.07) is 5.85. The van der Waals surface area contributed by atoms with Gasteiger partial charge >= 0.3 is 0 Å². The minimum atomic E-state index is -0.339. The van der Waals surface area contributed by atoms with Crippen molar-refractivity contribution in [1.82, 2.24) is 10.2 Å². The van der Waals surface area contributed by atoms with Crippen LogP contribution in [0.1, 0.15) is 38.2 Å². The highest BCUT2D eigenvalue weighted by atomic mass is 35.5. The minimum Gasteiger partial charge on any atom is -0.370 e. The van der Waals surface area contributed by atoms with Crippen LogP contribution < -0.4 is 10.2 Å². The SMILES string of the molecule is C[C@@H]1CCCN(c2ccc(CNC(=O)CN3C(=O)[C@H]4CC=CC[C@@H]4C3=O)cc2Cl)C1. The first kappa shape index (κ1) is 20.9. The van der Waals surface area contributed by atoms with E-state index in [9.17, 15) is 14.4 Å². The number of hydrogen-bond acceptors (Lipinski definition) is 4. The predicted octanol–water partition coefficient (Wildman–Crippen LogP) is 3.14. The topological polar surface area (TPSA) is 69.7 Å². The van der Waals surface area contributed by atoms with E-state index in [1.807, 2.05) is 30.4 Å². The molecular formula is C23H28ClN3O3. The molecule has 4 rings (SSSR count). The summed E-state index contributed by atoms with van der Waals surface area (Å²) in [5.74, 6) is -0.753. The molecule has 0 unspecified atom stereocenters. The molecule has 0 saturated carbocycles. The number of anilines is 1. The van der Waals surface area contributed by atoms with E-state index >= 15 is 0 Å². The summed E-state index contributed by atoms with van der Waals surface area (Å²) >= 11 is 6.51. The maximum absolute atomic E-state index is 12.5. The van der Waals surface area contributed by atoms with E-state index in [2.05, 4.69) is 17.1 Å². The maximum atomic E-state index is 12.5. The van der Waals surface area contributed by atoms with Crippen LogP contribution in [0.15, 0.2) is 30.4 Å². The van der Waals surface area contributed by atoms with E-state index in [0.29, 0.717) is 30.3 Å². The van der Waals surface area contributed by atoms with E-state index in [-0.39, 0.29) is 36.1 Å². The van der Waals surface area contributed by atoms with Crippen molar-refractivity contribution in [2.45, 2.75) is 39.2 Å². The average molecular weight is 430 g/mol. The highest BCUT2D eigenvalue weighted by molar-refractivity contribution is 6.33. The summed E-state index contributed by atoms with van der Waals surface area (Å²) in [6.45, 7) is 4.36. The summed E-state index contributed by atoms with van der Waals surface area (Å²) in [7, 11) is 0. The fourth-order valence-corrected chi connectivity index (χ4v) is 5.07. The number of carbonyl (C=O) groups is 3. The van der Waals surface area contributed by atoms with Gasteiger partial charge in [-0.15, -0.1) is 0 Å². The predicted molar refractivity (Wildman–Crippen MR) is 116 cm³/mol. The largest absolute Gasteiger partial charge is 0.370 e. The van der Waals surface area contributed by atoms with Crippen molar-refractivity contribution in [2.24, 2.45) is 17.8 Å². The van der Waals surface area contributed by atoms with Crippen molar-refractivity contribution < 1.29 is 14.4 Å². The zero-order valence-electron chi connectivity index (χ0n) is 17.3. The highest BCUT2D eigenvalue weighted by Crippen LogP contribution is 2.35. The zero-order chi connectivity index (χ0) is 21.3. The van der Waals surface area contributed by atoms with Gasteiger partial charge in [0.25, 0.3) is 0 Å². The van der Waals surface area contributed by atoms with Crippen molar-refractivity contribution in [3.05, 3.63) is 40.9 Å². The molecule has 3 aliphatic rings.